The Morgan fingerprint density at radius 2 is 1.96 bits per heavy atom. The van der Waals surface area contributed by atoms with Gasteiger partial charge >= 0.3 is 0 Å². The summed E-state index contributed by atoms with van der Waals surface area (Å²) in [7, 11) is 0. The van der Waals surface area contributed by atoms with Gasteiger partial charge in [-0.2, -0.15) is 14.6 Å². The highest BCUT2D eigenvalue weighted by Gasteiger charge is 2.12. The van der Waals surface area contributed by atoms with Gasteiger partial charge in [-0.15, -0.1) is 0 Å². The van der Waals surface area contributed by atoms with Crippen molar-refractivity contribution in [3.05, 3.63) is 101 Å². The number of nitrogens with zero attached hydrogens (tertiary/aromatic N) is 3. The molecule has 0 aliphatic rings. The molecule has 0 aliphatic carbocycles. The van der Waals surface area contributed by atoms with E-state index in [-0.39, 0.29) is 17.1 Å². The zero-order chi connectivity index (χ0) is 19.0. The van der Waals surface area contributed by atoms with Gasteiger partial charge in [0.2, 0.25) is 4.96 Å². The zero-order valence-corrected chi connectivity index (χ0v) is 15.3. The zero-order valence-electron chi connectivity index (χ0n) is 13.7. The largest absolute Gasteiger partial charge is 0.296 e. The van der Waals surface area contributed by atoms with Gasteiger partial charge in [-0.3, -0.25) is 9.59 Å². The van der Waals surface area contributed by atoms with E-state index in [1.807, 2.05) is 0 Å². The number of hydrogen-bond donors (Lipinski definition) is 0. The Kier molecular flexibility index (Phi) is 4.55. The maximum absolute atomic E-state index is 13.3. The molecule has 0 bridgehead atoms. The van der Waals surface area contributed by atoms with E-state index < -0.39 is 16.9 Å². The first kappa shape index (κ1) is 17.5. The van der Waals surface area contributed by atoms with Crippen molar-refractivity contribution in [1.29, 1.82) is 0 Å². The average Bonchev–Trinajstić information content (AvgIpc) is 2.92. The summed E-state index contributed by atoms with van der Waals surface area (Å²) in [6.07, 6.45) is 1.72. The quantitative estimate of drug-likeness (QED) is 0.531. The topological polar surface area (TPSA) is 64.3 Å². The van der Waals surface area contributed by atoms with E-state index in [0.29, 0.717) is 15.1 Å². The lowest BCUT2D eigenvalue weighted by atomic mass is 10.1. The van der Waals surface area contributed by atoms with Crippen molar-refractivity contribution in [2.75, 3.05) is 0 Å². The third-order valence-corrected chi connectivity index (χ3v) is 5.24. The molecule has 0 atom stereocenters. The van der Waals surface area contributed by atoms with Crippen LogP contribution < -0.4 is 15.7 Å². The van der Waals surface area contributed by atoms with Crippen LogP contribution in [0.1, 0.15) is 16.8 Å². The van der Waals surface area contributed by atoms with E-state index >= 15 is 0 Å². The lowest BCUT2D eigenvalue weighted by Gasteiger charge is -2.02. The van der Waals surface area contributed by atoms with Crippen molar-refractivity contribution >= 4 is 34.0 Å². The average molecular weight is 400 g/mol. The molecule has 2 aromatic heterocycles. The van der Waals surface area contributed by atoms with Crippen LogP contribution in [-0.2, 0) is 6.42 Å². The molecule has 4 aromatic rings. The maximum Gasteiger partial charge on any atom is 0.296 e. The van der Waals surface area contributed by atoms with Crippen LogP contribution in [0.5, 0.6) is 0 Å². The van der Waals surface area contributed by atoms with Crippen molar-refractivity contribution in [3.63, 3.8) is 0 Å². The Labute approximate surface area is 161 Å². The van der Waals surface area contributed by atoms with Gasteiger partial charge in [0.05, 0.1) is 4.53 Å². The minimum atomic E-state index is -0.506. The molecule has 0 radical (unpaired) electrons. The van der Waals surface area contributed by atoms with Gasteiger partial charge < -0.3 is 0 Å². The molecule has 0 amide bonds. The van der Waals surface area contributed by atoms with Crippen LogP contribution in [0.4, 0.5) is 4.39 Å². The van der Waals surface area contributed by atoms with Gasteiger partial charge in [-0.25, -0.2) is 4.39 Å². The summed E-state index contributed by atoms with van der Waals surface area (Å²) in [4.78, 5) is 29.1. The summed E-state index contributed by atoms with van der Waals surface area (Å²) in [5.41, 5.74) is 0.478. The minimum absolute atomic E-state index is 0.132. The number of benzene rings is 2. The van der Waals surface area contributed by atoms with Gasteiger partial charge in [0.1, 0.15) is 11.5 Å². The number of fused-ring (bicyclic) bond motifs is 1. The van der Waals surface area contributed by atoms with Gasteiger partial charge in [-0.05, 0) is 35.4 Å². The molecule has 2 heterocycles. The molecule has 0 unspecified atom stereocenters. The van der Waals surface area contributed by atoms with Crippen LogP contribution in [0.2, 0.25) is 5.02 Å². The SMILES string of the molecule is O=c1nc2sc(=Cc3cccc(F)c3)c(=O)n2nc1Cc1ccccc1Cl. The number of thiazole rings is 1. The van der Waals surface area contributed by atoms with Gasteiger partial charge in [0, 0.05) is 11.4 Å². The number of hydrogen-bond acceptors (Lipinski definition) is 5. The first-order valence-corrected chi connectivity index (χ1v) is 9.14. The second-order valence-corrected chi connectivity index (χ2v) is 7.21. The predicted octanol–water partition coefficient (Wildman–Crippen LogP) is 2.44. The normalized spacial score (nSPS) is 12.0. The second-order valence-electron chi connectivity index (χ2n) is 5.80. The maximum atomic E-state index is 13.3. The summed E-state index contributed by atoms with van der Waals surface area (Å²) >= 11 is 7.16. The predicted molar refractivity (Wildman–Crippen MR) is 103 cm³/mol. The fourth-order valence-corrected chi connectivity index (χ4v) is 3.73. The molecule has 5 nitrogen and oxygen atoms in total. The second kappa shape index (κ2) is 7.02. The van der Waals surface area contributed by atoms with Crippen LogP contribution in [0.3, 0.4) is 0 Å². The van der Waals surface area contributed by atoms with E-state index in [1.165, 1.54) is 12.1 Å². The molecule has 0 saturated carbocycles. The molecule has 0 fully saturated rings. The van der Waals surface area contributed by atoms with E-state index in [2.05, 4.69) is 10.1 Å². The Bertz CT molecular complexity index is 1330. The summed E-state index contributed by atoms with van der Waals surface area (Å²) in [5, 5.41) is 4.69. The van der Waals surface area contributed by atoms with E-state index in [0.717, 1.165) is 21.4 Å². The molecule has 0 spiro atoms. The van der Waals surface area contributed by atoms with Crippen LogP contribution in [0, 0.1) is 5.82 Å². The number of rotatable bonds is 3. The molecule has 4 rings (SSSR count). The Hall–Kier alpha value is -2.90. The fourth-order valence-electron chi connectivity index (χ4n) is 2.62. The lowest BCUT2D eigenvalue weighted by Crippen LogP contribution is -2.28. The summed E-state index contributed by atoms with van der Waals surface area (Å²) < 4.78 is 14.8. The summed E-state index contributed by atoms with van der Waals surface area (Å²) in [6, 6.07) is 13.0. The molecule has 8 heteroatoms. The first-order valence-electron chi connectivity index (χ1n) is 7.95. The Morgan fingerprint density at radius 1 is 1.15 bits per heavy atom. The van der Waals surface area contributed by atoms with E-state index in [1.54, 1.807) is 42.5 Å². The van der Waals surface area contributed by atoms with Crippen molar-refractivity contribution in [1.82, 2.24) is 14.6 Å². The highest BCUT2D eigenvalue weighted by Crippen LogP contribution is 2.16. The Balaban J connectivity index is 1.83. The minimum Gasteiger partial charge on any atom is -0.266 e. The number of aromatic nitrogens is 3. The number of halogens is 2. The summed E-state index contributed by atoms with van der Waals surface area (Å²) in [5.74, 6) is -0.398. The van der Waals surface area contributed by atoms with Crippen molar-refractivity contribution in [2.24, 2.45) is 0 Å². The molecule has 27 heavy (non-hydrogen) atoms. The van der Waals surface area contributed by atoms with E-state index in [9.17, 15) is 14.0 Å². The molecule has 0 aliphatic heterocycles. The van der Waals surface area contributed by atoms with E-state index in [4.69, 9.17) is 11.6 Å². The third-order valence-electron chi connectivity index (χ3n) is 3.91. The molecule has 134 valence electrons. The monoisotopic (exact) mass is 399 g/mol. The molecular formula is C19H11ClFN3O2S. The van der Waals surface area contributed by atoms with Gasteiger partial charge in [0.25, 0.3) is 11.1 Å². The lowest BCUT2D eigenvalue weighted by molar-refractivity contribution is 0.627. The van der Waals surface area contributed by atoms with Gasteiger partial charge in [0.15, 0.2) is 0 Å². The van der Waals surface area contributed by atoms with Crippen LogP contribution in [0.15, 0.2) is 58.1 Å². The van der Waals surface area contributed by atoms with Crippen LogP contribution >= 0.6 is 22.9 Å². The molecule has 0 saturated heterocycles. The highest BCUT2D eigenvalue weighted by molar-refractivity contribution is 7.15. The van der Waals surface area contributed by atoms with Crippen molar-refractivity contribution in [3.8, 4) is 0 Å². The smallest absolute Gasteiger partial charge is 0.266 e. The molecular weight excluding hydrogens is 389 g/mol. The third kappa shape index (κ3) is 3.51. The Morgan fingerprint density at radius 3 is 2.74 bits per heavy atom. The highest BCUT2D eigenvalue weighted by atomic mass is 35.5. The fraction of sp³-hybridized carbons (Fsp3) is 0.0526. The molecule has 2 aromatic carbocycles. The summed E-state index contributed by atoms with van der Waals surface area (Å²) in [6.45, 7) is 0. The van der Waals surface area contributed by atoms with Crippen LogP contribution in [0.25, 0.3) is 11.0 Å². The van der Waals surface area contributed by atoms with Gasteiger partial charge in [-0.1, -0.05) is 53.3 Å². The standard InChI is InChI=1S/C19H11ClFN3O2S/c20-14-7-2-1-5-12(14)10-15-17(25)22-19-24(23-15)18(26)16(27-19)9-11-4-3-6-13(21)8-11/h1-9H,10H2. The molecule has 0 N–H and O–H groups in total. The first-order chi connectivity index (χ1) is 13.0. The van der Waals surface area contributed by atoms with Crippen molar-refractivity contribution in [2.45, 2.75) is 6.42 Å². The van der Waals surface area contributed by atoms with Crippen molar-refractivity contribution < 1.29 is 4.39 Å². The van der Waals surface area contributed by atoms with Crippen LogP contribution in [-0.4, -0.2) is 14.6 Å².